The molecule has 0 saturated carbocycles. The molecule has 6 heteroatoms. The van der Waals surface area contributed by atoms with Crippen LogP contribution in [0.2, 0.25) is 0 Å². The highest BCUT2D eigenvalue weighted by molar-refractivity contribution is 5.96. The molecule has 4 rings (SSSR count). The van der Waals surface area contributed by atoms with Crippen LogP contribution in [0.4, 0.5) is 23.1 Å². The third kappa shape index (κ3) is 4.44. The third-order valence-corrected chi connectivity index (χ3v) is 4.42. The standard InChI is InChI=1S/C24H20N4O2/c1-30-23(29)19-14-8-9-15-20(19)26-22-16-21(17-10-4-2-5-11-17)27-24(28-22)25-18-12-6-3-7-13-18/h2-16H,1H3,(H2,25,26,27,28). The van der Waals surface area contributed by atoms with Crippen LogP contribution in [-0.4, -0.2) is 23.0 Å². The second kappa shape index (κ2) is 8.87. The Hall–Kier alpha value is -4.19. The third-order valence-electron chi connectivity index (χ3n) is 4.42. The number of ether oxygens (including phenoxy) is 1. The smallest absolute Gasteiger partial charge is 0.339 e. The lowest BCUT2D eigenvalue weighted by atomic mass is 10.1. The van der Waals surface area contributed by atoms with E-state index in [0.29, 0.717) is 23.0 Å². The quantitative estimate of drug-likeness (QED) is 0.424. The van der Waals surface area contributed by atoms with Crippen LogP contribution in [0.1, 0.15) is 10.4 Å². The Morgan fingerprint density at radius 2 is 1.47 bits per heavy atom. The Labute approximate surface area is 174 Å². The van der Waals surface area contributed by atoms with Gasteiger partial charge in [0.1, 0.15) is 5.82 Å². The first-order chi connectivity index (χ1) is 14.7. The minimum Gasteiger partial charge on any atom is -0.465 e. The molecule has 4 aromatic rings. The molecule has 1 aromatic heterocycles. The monoisotopic (exact) mass is 396 g/mol. The molecule has 0 aliphatic heterocycles. The Morgan fingerprint density at radius 3 is 2.20 bits per heavy atom. The lowest BCUT2D eigenvalue weighted by Crippen LogP contribution is -2.07. The van der Waals surface area contributed by atoms with E-state index in [9.17, 15) is 4.79 Å². The molecule has 0 aliphatic rings. The molecule has 0 amide bonds. The van der Waals surface area contributed by atoms with E-state index < -0.39 is 5.97 Å². The van der Waals surface area contributed by atoms with Gasteiger partial charge >= 0.3 is 5.97 Å². The molecule has 2 N–H and O–H groups in total. The average Bonchev–Trinajstić information content (AvgIpc) is 2.80. The predicted molar refractivity (Wildman–Crippen MR) is 118 cm³/mol. The molecule has 148 valence electrons. The molecular weight excluding hydrogens is 376 g/mol. The molecule has 0 spiro atoms. The summed E-state index contributed by atoms with van der Waals surface area (Å²) in [5, 5.41) is 6.47. The van der Waals surface area contributed by atoms with Crippen LogP contribution in [0.3, 0.4) is 0 Å². The van der Waals surface area contributed by atoms with Crippen LogP contribution >= 0.6 is 0 Å². The SMILES string of the molecule is COC(=O)c1ccccc1Nc1cc(-c2ccccc2)nc(Nc2ccccc2)n1. The fourth-order valence-electron chi connectivity index (χ4n) is 2.99. The van der Waals surface area contributed by atoms with Gasteiger partial charge in [-0.1, -0.05) is 60.7 Å². The maximum atomic E-state index is 12.1. The Balaban J connectivity index is 1.74. The van der Waals surface area contributed by atoms with E-state index in [-0.39, 0.29) is 0 Å². The number of para-hydroxylation sites is 2. The number of anilines is 4. The number of aromatic nitrogens is 2. The topological polar surface area (TPSA) is 76.1 Å². The molecular formula is C24H20N4O2. The van der Waals surface area contributed by atoms with Crippen molar-refractivity contribution in [3.63, 3.8) is 0 Å². The lowest BCUT2D eigenvalue weighted by Gasteiger charge is -2.13. The summed E-state index contributed by atoms with van der Waals surface area (Å²) < 4.78 is 4.89. The number of carbonyl (C=O) groups is 1. The van der Waals surface area contributed by atoms with Crippen LogP contribution < -0.4 is 10.6 Å². The van der Waals surface area contributed by atoms with Crippen molar-refractivity contribution in [3.05, 3.63) is 96.6 Å². The van der Waals surface area contributed by atoms with Crippen molar-refractivity contribution in [2.24, 2.45) is 0 Å². The number of methoxy groups -OCH3 is 1. The van der Waals surface area contributed by atoms with Gasteiger partial charge in [0.2, 0.25) is 5.95 Å². The predicted octanol–water partition coefficient (Wildman–Crippen LogP) is 5.42. The number of hydrogen-bond donors (Lipinski definition) is 2. The first kappa shape index (κ1) is 19.1. The molecule has 30 heavy (non-hydrogen) atoms. The Bertz CT molecular complexity index is 1150. The van der Waals surface area contributed by atoms with Gasteiger partial charge in [0.05, 0.1) is 24.1 Å². The maximum absolute atomic E-state index is 12.1. The van der Waals surface area contributed by atoms with E-state index >= 15 is 0 Å². The van der Waals surface area contributed by atoms with Crippen molar-refractivity contribution in [2.75, 3.05) is 17.7 Å². The van der Waals surface area contributed by atoms with Gasteiger partial charge in [-0.05, 0) is 24.3 Å². The summed E-state index contributed by atoms with van der Waals surface area (Å²) >= 11 is 0. The van der Waals surface area contributed by atoms with Crippen molar-refractivity contribution in [2.45, 2.75) is 0 Å². The zero-order chi connectivity index (χ0) is 20.8. The van der Waals surface area contributed by atoms with E-state index in [2.05, 4.69) is 20.6 Å². The molecule has 0 atom stereocenters. The number of rotatable bonds is 6. The Kier molecular flexibility index (Phi) is 5.66. The van der Waals surface area contributed by atoms with Crippen LogP contribution in [0.15, 0.2) is 91.0 Å². The maximum Gasteiger partial charge on any atom is 0.339 e. The van der Waals surface area contributed by atoms with Crippen LogP contribution in [-0.2, 0) is 4.74 Å². The van der Waals surface area contributed by atoms with Gasteiger partial charge < -0.3 is 15.4 Å². The summed E-state index contributed by atoms with van der Waals surface area (Å²) in [7, 11) is 1.36. The van der Waals surface area contributed by atoms with Crippen molar-refractivity contribution in [1.82, 2.24) is 9.97 Å². The summed E-state index contributed by atoms with van der Waals surface area (Å²) in [5.41, 5.74) is 3.62. The zero-order valence-corrected chi connectivity index (χ0v) is 16.4. The Morgan fingerprint density at radius 1 is 0.800 bits per heavy atom. The van der Waals surface area contributed by atoms with Crippen molar-refractivity contribution >= 4 is 29.1 Å². The summed E-state index contributed by atoms with van der Waals surface area (Å²) in [6.07, 6.45) is 0. The van der Waals surface area contributed by atoms with Crippen molar-refractivity contribution < 1.29 is 9.53 Å². The fraction of sp³-hybridized carbons (Fsp3) is 0.0417. The van der Waals surface area contributed by atoms with Crippen LogP contribution in [0.25, 0.3) is 11.3 Å². The first-order valence-corrected chi connectivity index (χ1v) is 9.44. The van der Waals surface area contributed by atoms with Crippen molar-refractivity contribution in [3.8, 4) is 11.3 Å². The minimum atomic E-state index is -0.418. The molecule has 0 saturated heterocycles. The van der Waals surface area contributed by atoms with E-state index in [0.717, 1.165) is 16.9 Å². The average molecular weight is 396 g/mol. The number of hydrogen-bond acceptors (Lipinski definition) is 6. The van der Waals surface area contributed by atoms with Crippen LogP contribution in [0.5, 0.6) is 0 Å². The second-order valence-electron chi connectivity index (χ2n) is 6.48. The van der Waals surface area contributed by atoms with Gasteiger partial charge in [-0.3, -0.25) is 0 Å². The van der Waals surface area contributed by atoms with Crippen LogP contribution in [0, 0.1) is 0 Å². The first-order valence-electron chi connectivity index (χ1n) is 9.44. The highest BCUT2D eigenvalue weighted by atomic mass is 16.5. The molecule has 0 unspecified atom stereocenters. The van der Waals surface area contributed by atoms with Gasteiger partial charge in [0, 0.05) is 17.3 Å². The summed E-state index contributed by atoms with van der Waals surface area (Å²) in [4.78, 5) is 21.4. The number of esters is 1. The van der Waals surface area contributed by atoms with Gasteiger partial charge in [-0.15, -0.1) is 0 Å². The number of nitrogens with one attached hydrogen (secondary N) is 2. The second-order valence-corrected chi connectivity index (χ2v) is 6.48. The van der Waals surface area contributed by atoms with Crippen molar-refractivity contribution in [1.29, 1.82) is 0 Å². The molecule has 3 aromatic carbocycles. The molecule has 1 heterocycles. The zero-order valence-electron chi connectivity index (χ0n) is 16.4. The summed E-state index contributed by atoms with van der Waals surface area (Å²) in [5.74, 6) is 0.581. The number of carbonyl (C=O) groups excluding carboxylic acids is 1. The van der Waals surface area contributed by atoms with Gasteiger partial charge in [0.25, 0.3) is 0 Å². The largest absolute Gasteiger partial charge is 0.465 e. The molecule has 0 radical (unpaired) electrons. The highest BCUT2D eigenvalue weighted by Crippen LogP contribution is 2.26. The van der Waals surface area contributed by atoms with E-state index in [1.165, 1.54) is 7.11 Å². The normalized spacial score (nSPS) is 10.3. The van der Waals surface area contributed by atoms with Gasteiger partial charge in [-0.25, -0.2) is 9.78 Å². The number of benzene rings is 3. The van der Waals surface area contributed by atoms with Gasteiger partial charge in [-0.2, -0.15) is 4.98 Å². The molecule has 6 nitrogen and oxygen atoms in total. The fourth-order valence-corrected chi connectivity index (χ4v) is 2.99. The molecule has 0 bridgehead atoms. The van der Waals surface area contributed by atoms with E-state index in [1.54, 1.807) is 18.2 Å². The number of nitrogens with zero attached hydrogens (tertiary/aromatic N) is 2. The van der Waals surface area contributed by atoms with E-state index in [1.807, 2.05) is 72.8 Å². The summed E-state index contributed by atoms with van der Waals surface area (Å²) in [6.45, 7) is 0. The highest BCUT2D eigenvalue weighted by Gasteiger charge is 2.13. The molecule has 0 aliphatic carbocycles. The minimum absolute atomic E-state index is 0.418. The van der Waals surface area contributed by atoms with Gasteiger partial charge in [0.15, 0.2) is 0 Å². The van der Waals surface area contributed by atoms with E-state index in [4.69, 9.17) is 4.74 Å². The lowest BCUT2D eigenvalue weighted by molar-refractivity contribution is 0.0602. The molecule has 0 fully saturated rings. The summed E-state index contributed by atoms with van der Waals surface area (Å²) in [6, 6.07) is 28.6.